The van der Waals surface area contributed by atoms with Crippen LogP contribution >= 0.6 is 0 Å². The van der Waals surface area contributed by atoms with Gasteiger partial charge < -0.3 is 9.64 Å². The molecule has 1 aliphatic rings. The van der Waals surface area contributed by atoms with E-state index in [2.05, 4.69) is 69.4 Å². The predicted molar refractivity (Wildman–Crippen MR) is 104 cm³/mol. The summed E-state index contributed by atoms with van der Waals surface area (Å²) in [6.45, 7) is 4.03. The first-order valence-electron chi connectivity index (χ1n) is 9.22. The summed E-state index contributed by atoms with van der Waals surface area (Å²) in [4.78, 5) is 4.61. The number of benzene rings is 1. The van der Waals surface area contributed by atoms with Gasteiger partial charge in [-0.25, -0.2) is 4.68 Å². The lowest BCUT2D eigenvalue weighted by molar-refractivity contribution is 0.194. The number of aromatic nitrogens is 3. The second kappa shape index (κ2) is 8.96. The molecule has 1 aromatic heterocycles. The number of likely N-dealkylation sites (tertiary alicyclic amines) is 1. The summed E-state index contributed by atoms with van der Waals surface area (Å²) in [5.74, 6) is 0.895. The molecule has 140 valence electrons. The van der Waals surface area contributed by atoms with Crippen molar-refractivity contribution in [1.82, 2.24) is 24.8 Å². The maximum absolute atomic E-state index is 5.19. The number of piperidine rings is 1. The molecule has 1 fully saturated rings. The zero-order valence-corrected chi connectivity index (χ0v) is 16.0. The highest BCUT2D eigenvalue weighted by Gasteiger charge is 2.21. The molecule has 0 bridgehead atoms. The highest BCUT2D eigenvalue weighted by atomic mass is 16.5. The van der Waals surface area contributed by atoms with E-state index >= 15 is 0 Å². The number of nitrogens with zero attached hydrogens (tertiary/aromatic N) is 5. The Morgan fingerprint density at radius 2 is 1.92 bits per heavy atom. The normalized spacial score (nSPS) is 16.6. The minimum Gasteiger partial charge on any atom is -0.497 e. The van der Waals surface area contributed by atoms with Crippen molar-refractivity contribution in [3.63, 3.8) is 0 Å². The van der Waals surface area contributed by atoms with Gasteiger partial charge in [-0.05, 0) is 44.6 Å². The Morgan fingerprint density at radius 1 is 1.19 bits per heavy atom. The van der Waals surface area contributed by atoms with Gasteiger partial charge in [-0.3, -0.25) is 4.90 Å². The van der Waals surface area contributed by atoms with Crippen LogP contribution < -0.4 is 4.74 Å². The first-order valence-corrected chi connectivity index (χ1v) is 9.22. The molecule has 0 aliphatic carbocycles. The second-order valence-electron chi connectivity index (χ2n) is 7.13. The molecule has 6 nitrogen and oxygen atoms in total. The van der Waals surface area contributed by atoms with E-state index in [1.807, 2.05) is 12.1 Å². The molecule has 2 aromatic rings. The average Bonchev–Trinajstić information content (AvgIpc) is 3.10. The van der Waals surface area contributed by atoms with Crippen molar-refractivity contribution in [2.45, 2.75) is 25.4 Å². The molecule has 6 heteroatoms. The van der Waals surface area contributed by atoms with Crippen LogP contribution in [0.25, 0.3) is 6.08 Å². The topological polar surface area (TPSA) is 46.4 Å². The molecular formula is C20H29N5O. The molecule has 1 aliphatic heterocycles. The molecule has 0 saturated carbocycles. The molecule has 2 heterocycles. The first-order chi connectivity index (χ1) is 12.6. The lowest BCUT2D eigenvalue weighted by Crippen LogP contribution is -2.34. The maximum atomic E-state index is 5.19. The van der Waals surface area contributed by atoms with Gasteiger partial charge in [-0.2, -0.15) is 0 Å². The zero-order valence-electron chi connectivity index (χ0n) is 16.0. The molecule has 3 rings (SSSR count). The summed E-state index contributed by atoms with van der Waals surface area (Å²) < 4.78 is 7.25. The van der Waals surface area contributed by atoms with Crippen LogP contribution in [-0.2, 0) is 6.54 Å². The first kappa shape index (κ1) is 18.6. The van der Waals surface area contributed by atoms with Crippen LogP contribution in [0.2, 0.25) is 0 Å². The fourth-order valence-electron chi connectivity index (χ4n) is 3.31. The Morgan fingerprint density at radius 3 is 2.58 bits per heavy atom. The third-order valence-electron chi connectivity index (χ3n) is 4.76. The average molecular weight is 355 g/mol. The molecule has 0 N–H and O–H groups in total. The molecule has 1 aromatic carbocycles. The fraction of sp³-hybridized carbons (Fsp3) is 0.500. The van der Waals surface area contributed by atoms with Crippen molar-refractivity contribution >= 4 is 6.08 Å². The number of hydrogen-bond acceptors (Lipinski definition) is 5. The van der Waals surface area contributed by atoms with Crippen LogP contribution in [0.4, 0.5) is 0 Å². The Labute approximate surface area is 156 Å². The van der Waals surface area contributed by atoms with E-state index in [-0.39, 0.29) is 0 Å². The molecular weight excluding hydrogens is 326 g/mol. The van der Waals surface area contributed by atoms with E-state index in [0.717, 1.165) is 50.5 Å². The summed E-state index contributed by atoms with van der Waals surface area (Å²) in [6, 6.07) is 8.62. The predicted octanol–water partition coefficient (Wildman–Crippen LogP) is 2.70. The summed E-state index contributed by atoms with van der Waals surface area (Å²) in [5, 5.41) is 8.61. The van der Waals surface area contributed by atoms with Crippen LogP contribution in [-0.4, -0.2) is 65.6 Å². The van der Waals surface area contributed by atoms with Gasteiger partial charge in [0.15, 0.2) is 0 Å². The summed E-state index contributed by atoms with van der Waals surface area (Å²) in [5.41, 5.74) is 2.25. The number of methoxy groups -OCH3 is 1. The minimum atomic E-state index is 0.472. The molecule has 0 spiro atoms. The van der Waals surface area contributed by atoms with Gasteiger partial charge in [-0.15, -0.1) is 5.10 Å². The van der Waals surface area contributed by atoms with Crippen LogP contribution in [0.15, 0.2) is 36.5 Å². The van der Waals surface area contributed by atoms with E-state index in [1.54, 1.807) is 7.11 Å². The maximum Gasteiger partial charge on any atom is 0.118 e. The van der Waals surface area contributed by atoms with Crippen molar-refractivity contribution in [1.29, 1.82) is 0 Å². The summed E-state index contributed by atoms with van der Waals surface area (Å²) in [7, 11) is 5.80. The molecule has 0 atom stereocenters. The van der Waals surface area contributed by atoms with Gasteiger partial charge in [0.1, 0.15) is 5.75 Å². The van der Waals surface area contributed by atoms with E-state index in [0.29, 0.717) is 6.04 Å². The van der Waals surface area contributed by atoms with Crippen molar-refractivity contribution in [2.24, 2.45) is 0 Å². The van der Waals surface area contributed by atoms with Crippen molar-refractivity contribution in [3.05, 3.63) is 47.8 Å². The van der Waals surface area contributed by atoms with Crippen LogP contribution in [0.3, 0.4) is 0 Å². The van der Waals surface area contributed by atoms with E-state index < -0.39 is 0 Å². The third kappa shape index (κ3) is 5.16. The highest BCUT2D eigenvalue weighted by molar-refractivity contribution is 5.50. The number of rotatable bonds is 7. The Kier molecular flexibility index (Phi) is 6.41. The van der Waals surface area contributed by atoms with Gasteiger partial charge in [0, 0.05) is 26.2 Å². The summed E-state index contributed by atoms with van der Waals surface area (Å²) >= 11 is 0. The van der Waals surface area contributed by atoms with E-state index in [4.69, 9.17) is 4.74 Å². The number of hydrogen-bond donors (Lipinski definition) is 0. The van der Waals surface area contributed by atoms with Crippen LogP contribution in [0, 0.1) is 0 Å². The Bertz CT molecular complexity index is 699. The number of ether oxygens (including phenoxy) is 1. The molecule has 1 saturated heterocycles. The third-order valence-corrected chi connectivity index (χ3v) is 4.76. The minimum absolute atomic E-state index is 0.472. The van der Waals surface area contributed by atoms with E-state index in [9.17, 15) is 0 Å². The Balaban J connectivity index is 1.44. The standard InChI is InChI=1S/C20H29N5O/c1-23(2)15-18-16-25(22-21-18)19-10-13-24(14-11-19)12-4-5-17-6-8-20(26-3)9-7-17/h4-9,16,19H,10-15H2,1-3H3. The highest BCUT2D eigenvalue weighted by Crippen LogP contribution is 2.22. The fourth-order valence-corrected chi connectivity index (χ4v) is 3.31. The lowest BCUT2D eigenvalue weighted by atomic mass is 10.1. The zero-order chi connectivity index (χ0) is 18.4. The van der Waals surface area contributed by atoms with Crippen molar-refractivity contribution in [3.8, 4) is 5.75 Å². The monoisotopic (exact) mass is 355 g/mol. The van der Waals surface area contributed by atoms with Gasteiger partial charge in [0.25, 0.3) is 0 Å². The SMILES string of the molecule is COc1ccc(C=CCN2CCC(n3cc(CN(C)C)nn3)CC2)cc1. The second-order valence-corrected chi connectivity index (χ2v) is 7.13. The molecule has 26 heavy (non-hydrogen) atoms. The van der Waals surface area contributed by atoms with Crippen LogP contribution in [0.1, 0.15) is 30.1 Å². The lowest BCUT2D eigenvalue weighted by Gasteiger charge is -2.30. The quantitative estimate of drug-likeness (QED) is 0.764. The van der Waals surface area contributed by atoms with Crippen molar-refractivity contribution in [2.75, 3.05) is 40.8 Å². The molecule has 0 radical (unpaired) electrons. The summed E-state index contributed by atoms with van der Waals surface area (Å²) in [6.07, 6.45) is 8.77. The van der Waals surface area contributed by atoms with Gasteiger partial charge in [-0.1, -0.05) is 29.5 Å². The van der Waals surface area contributed by atoms with Crippen molar-refractivity contribution < 1.29 is 4.74 Å². The van der Waals surface area contributed by atoms with Gasteiger partial charge in [0.05, 0.1) is 25.0 Å². The van der Waals surface area contributed by atoms with E-state index in [1.165, 1.54) is 5.56 Å². The van der Waals surface area contributed by atoms with Crippen LogP contribution in [0.5, 0.6) is 5.75 Å². The largest absolute Gasteiger partial charge is 0.497 e. The van der Waals surface area contributed by atoms with Gasteiger partial charge in [0.2, 0.25) is 0 Å². The smallest absolute Gasteiger partial charge is 0.118 e. The molecule has 0 unspecified atom stereocenters. The van der Waals surface area contributed by atoms with Gasteiger partial charge >= 0.3 is 0 Å². The molecule has 0 amide bonds. The Hall–Kier alpha value is -2.18.